The molecule has 0 bridgehead atoms. The molecule has 1 aliphatic heterocycles. The highest BCUT2D eigenvalue weighted by atomic mass is 127. The summed E-state index contributed by atoms with van der Waals surface area (Å²) in [5.74, 6) is 0. The highest BCUT2D eigenvalue weighted by molar-refractivity contribution is 14.1. The molecule has 1 heterocycles. The summed E-state index contributed by atoms with van der Waals surface area (Å²) in [6.07, 6.45) is 3.21. The van der Waals surface area contributed by atoms with Crippen molar-refractivity contribution in [1.29, 1.82) is 0 Å². The first-order chi connectivity index (χ1) is 18.4. The van der Waals surface area contributed by atoms with Crippen LogP contribution in [0.5, 0.6) is 0 Å². The van der Waals surface area contributed by atoms with Gasteiger partial charge in [-0.15, -0.1) is 0 Å². The van der Waals surface area contributed by atoms with E-state index in [4.69, 9.17) is 52.1 Å². The number of ether oxygens (including phenoxy) is 11. The van der Waals surface area contributed by atoms with E-state index in [1.165, 1.54) is 6.42 Å². The largest absolute Gasteiger partial charge is 0.378 e. The van der Waals surface area contributed by atoms with Crippen LogP contribution in [0, 0.1) is 0 Å². The molecule has 0 aromatic heterocycles. The average molecular weight is 653 g/mol. The summed E-state index contributed by atoms with van der Waals surface area (Å²) >= 11 is 2.28. The fourth-order valence-electron chi connectivity index (χ4n) is 3.00. The lowest BCUT2D eigenvalue weighted by molar-refractivity contribution is -0.169. The Morgan fingerprint density at radius 3 is 1.05 bits per heavy atom. The minimum absolute atomic E-state index is 0.0594. The van der Waals surface area contributed by atoms with Gasteiger partial charge in [0.1, 0.15) is 0 Å². The van der Waals surface area contributed by atoms with E-state index in [0.717, 1.165) is 30.5 Å². The smallest absolute Gasteiger partial charge is 0.157 e. The Balaban J connectivity index is 1.61. The molecule has 37 heavy (non-hydrogen) atoms. The number of alkyl halides is 1. The molecule has 1 saturated heterocycles. The summed E-state index contributed by atoms with van der Waals surface area (Å²) in [5.41, 5.74) is 0. The van der Waals surface area contributed by atoms with Gasteiger partial charge in [-0.25, -0.2) is 0 Å². The van der Waals surface area contributed by atoms with Gasteiger partial charge in [0, 0.05) is 11.0 Å². The molecule has 1 fully saturated rings. The first-order valence-corrected chi connectivity index (χ1v) is 14.9. The van der Waals surface area contributed by atoms with Gasteiger partial charge in [0.15, 0.2) is 6.29 Å². The van der Waals surface area contributed by atoms with E-state index < -0.39 is 0 Å². The van der Waals surface area contributed by atoms with E-state index in [9.17, 15) is 0 Å². The Kier molecular flexibility index (Phi) is 29.4. The molecule has 1 atom stereocenters. The minimum atomic E-state index is -0.0594. The second kappa shape index (κ2) is 30.8. The van der Waals surface area contributed by atoms with Crippen LogP contribution in [-0.4, -0.2) is 143 Å². The van der Waals surface area contributed by atoms with Gasteiger partial charge in [-0.1, -0.05) is 22.6 Å². The third kappa shape index (κ3) is 27.6. The van der Waals surface area contributed by atoms with Crippen molar-refractivity contribution in [1.82, 2.24) is 0 Å². The van der Waals surface area contributed by atoms with Crippen molar-refractivity contribution in [3.63, 3.8) is 0 Å². The molecule has 1 aliphatic rings. The van der Waals surface area contributed by atoms with E-state index in [1.807, 2.05) is 0 Å². The molecule has 0 aliphatic carbocycles. The second-order valence-electron chi connectivity index (χ2n) is 7.87. The summed E-state index contributed by atoms with van der Waals surface area (Å²) in [7, 11) is 0. The summed E-state index contributed by atoms with van der Waals surface area (Å²) in [5, 5.41) is 0. The number of hydrogen-bond donors (Lipinski definition) is 0. The average Bonchev–Trinajstić information content (AvgIpc) is 2.93. The molecule has 222 valence electrons. The Hall–Kier alpha value is 0.290. The zero-order valence-corrected chi connectivity index (χ0v) is 24.6. The normalized spacial score (nSPS) is 16.0. The van der Waals surface area contributed by atoms with E-state index in [-0.39, 0.29) is 6.29 Å². The highest BCUT2D eigenvalue weighted by Crippen LogP contribution is 2.13. The summed E-state index contributed by atoms with van der Waals surface area (Å²) in [6.45, 7) is 11.4. The third-order valence-electron chi connectivity index (χ3n) is 4.87. The highest BCUT2D eigenvalue weighted by Gasteiger charge is 2.13. The Labute approximate surface area is 236 Å². The number of rotatable bonds is 30. The van der Waals surface area contributed by atoms with Gasteiger partial charge in [-0.3, -0.25) is 0 Å². The van der Waals surface area contributed by atoms with Gasteiger partial charge in [0.25, 0.3) is 0 Å². The first kappa shape index (κ1) is 35.3. The molecule has 0 aromatic rings. The third-order valence-corrected chi connectivity index (χ3v) is 5.31. The van der Waals surface area contributed by atoms with E-state index in [1.54, 1.807) is 0 Å². The number of hydrogen-bond acceptors (Lipinski definition) is 11. The molecule has 0 aromatic carbocycles. The van der Waals surface area contributed by atoms with Gasteiger partial charge in [-0.05, 0) is 19.3 Å². The standard InChI is InChI=1S/C25H49IO11/c26-4-6-27-7-8-28-9-10-29-11-12-30-13-14-31-15-16-32-17-18-33-19-20-34-21-22-35-23-24-37-25-3-1-2-5-36-25/h25H,1-24H2. The molecular formula is C25H49IO11. The van der Waals surface area contributed by atoms with Crippen molar-refractivity contribution in [3.8, 4) is 0 Å². The van der Waals surface area contributed by atoms with Crippen molar-refractivity contribution < 1.29 is 52.1 Å². The van der Waals surface area contributed by atoms with E-state index >= 15 is 0 Å². The molecule has 11 nitrogen and oxygen atoms in total. The van der Waals surface area contributed by atoms with Crippen LogP contribution >= 0.6 is 22.6 Å². The predicted molar refractivity (Wildman–Crippen MR) is 146 cm³/mol. The van der Waals surface area contributed by atoms with Crippen LogP contribution in [0.25, 0.3) is 0 Å². The van der Waals surface area contributed by atoms with Gasteiger partial charge in [0.2, 0.25) is 0 Å². The summed E-state index contributed by atoms with van der Waals surface area (Å²) < 4.78 is 61.0. The quantitative estimate of drug-likeness (QED) is 0.0648. The molecule has 12 heteroatoms. The molecule has 1 unspecified atom stereocenters. The maximum atomic E-state index is 5.60. The van der Waals surface area contributed by atoms with Gasteiger partial charge in [-0.2, -0.15) is 0 Å². The van der Waals surface area contributed by atoms with Crippen LogP contribution in [0.2, 0.25) is 0 Å². The lowest BCUT2D eigenvalue weighted by Crippen LogP contribution is -2.24. The van der Waals surface area contributed by atoms with Crippen LogP contribution in [-0.2, 0) is 52.1 Å². The van der Waals surface area contributed by atoms with Crippen molar-refractivity contribution in [2.45, 2.75) is 25.6 Å². The maximum absolute atomic E-state index is 5.60. The zero-order valence-electron chi connectivity index (χ0n) is 22.4. The van der Waals surface area contributed by atoms with Crippen molar-refractivity contribution in [2.24, 2.45) is 0 Å². The SMILES string of the molecule is ICCOCCOCCOCCOCCOCCOCCOCCOCCOCCOC1CCCCO1. The van der Waals surface area contributed by atoms with Crippen LogP contribution in [0.4, 0.5) is 0 Å². The van der Waals surface area contributed by atoms with Gasteiger partial charge >= 0.3 is 0 Å². The van der Waals surface area contributed by atoms with Crippen molar-refractivity contribution in [3.05, 3.63) is 0 Å². The van der Waals surface area contributed by atoms with Crippen LogP contribution < -0.4 is 0 Å². The Bertz CT molecular complexity index is 431. The Morgan fingerprint density at radius 1 is 0.432 bits per heavy atom. The minimum Gasteiger partial charge on any atom is -0.378 e. The van der Waals surface area contributed by atoms with E-state index in [2.05, 4.69) is 22.6 Å². The molecular weight excluding hydrogens is 603 g/mol. The maximum Gasteiger partial charge on any atom is 0.157 e. The van der Waals surface area contributed by atoms with Crippen LogP contribution in [0.3, 0.4) is 0 Å². The fraction of sp³-hybridized carbons (Fsp3) is 1.00. The molecule has 0 N–H and O–H groups in total. The molecule has 0 saturated carbocycles. The molecule has 0 spiro atoms. The van der Waals surface area contributed by atoms with Gasteiger partial charge in [0.05, 0.1) is 126 Å². The Morgan fingerprint density at radius 2 is 0.757 bits per heavy atom. The summed E-state index contributed by atoms with van der Waals surface area (Å²) in [4.78, 5) is 0. The molecule has 0 amide bonds. The van der Waals surface area contributed by atoms with Crippen molar-refractivity contribution in [2.75, 3.05) is 137 Å². The number of halogens is 1. The second-order valence-corrected chi connectivity index (χ2v) is 8.95. The first-order valence-electron chi connectivity index (χ1n) is 13.4. The van der Waals surface area contributed by atoms with Crippen molar-refractivity contribution >= 4 is 22.6 Å². The van der Waals surface area contributed by atoms with Crippen LogP contribution in [0.15, 0.2) is 0 Å². The molecule has 1 rings (SSSR count). The zero-order chi connectivity index (χ0) is 26.3. The lowest BCUT2D eigenvalue weighted by Gasteiger charge is -2.22. The topological polar surface area (TPSA) is 102 Å². The fourth-order valence-corrected chi connectivity index (χ4v) is 3.31. The monoisotopic (exact) mass is 652 g/mol. The van der Waals surface area contributed by atoms with Crippen LogP contribution in [0.1, 0.15) is 19.3 Å². The predicted octanol–water partition coefficient (Wildman–Crippen LogP) is 2.11. The van der Waals surface area contributed by atoms with E-state index in [0.29, 0.717) is 119 Å². The summed E-state index contributed by atoms with van der Waals surface area (Å²) in [6, 6.07) is 0. The van der Waals surface area contributed by atoms with Gasteiger partial charge < -0.3 is 52.1 Å². The lowest BCUT2D eigenvalue weighted by atomic mass is 10.2. The molecule has 0 radical (unpaired) electrons.